The lowest BCUT2D eigenvalue weighted by molar-refractivity contribution is -0.140. The Morgan fingerprint density at radius 3 is 2.77 bits per heavy atom. The van der Waals surface area contributed by atoms with Gasteiger partial charge in [0.05, 0.1) is 12.5 Å². The molecular weight excluding hydrogens is 276 g/mol. The molecule has 0 saturated carbocycles. The topological polar surface area (TPSA) is 43.4 Å². The summed E-state index contributed by atoms with van der Waals surface area (Å²) in [5.74, 6) is 0.347. The van der Waals surface area contributed by atoms with Gasteiger partial charge in [-0.15, -0.1) is 0 Å². The highest BCUT2D eigenvalue weighted by molar-refractivity contribution is 5.85. The predicted molar refractivity (Wildman–Crippen MR) is 87.2 cm³/mol. The lowest BCUT2D eigenvalue weighted by Crippen LogP contribution is -2.35. The third kappa shape index (κ3) is 3.88. The van der Waals surface area contributed by atoms with Crippen LogP contribution < -0.4 is 0 Å². The van der Waals surface area contributed by atoms with E-state index in [2.05, 4.69) is 26.8 Å². The van der Waals surface area contributed by atoms with E-state index in [9.17, 15) is 9.59 Å². The standard InChI is InChI=1S/C19H28O3/c1-12(2)6-5-7-14(4)18-16-11-22-19(21)15(16)9-8-13(3)10-17(18)20/h6,8-9,13-16,18H,5,7,10-11H2,1-4H3/t13-,14-,15+,16-,18+/m0/s1. The molecule has 1 heterocycles. The molecule has 2 aliphatic rings. The van der Waals surface area contributed by atoms with Gasteiger partial charge in [-0.25, -0.2) is 0 Å². The van der Waals surface area contributed by atoms with Crippen LogP contribution in [0.2, 0.25) is 0 Å². The fourth-order valence-corrected chi connectivity index (χ4v) is 3.72. The number of hydrogen-bond donors (Lipinski definition) is 0. The number of cyclic esters (lactones) is 1. The van der Waals surface area contributed by atoms with Gasteiger partial charge in [0.1, 0.15) is 5.78 Å². The molecule has 0 aromatic heterocycles. The minimum absolute atomic E-state index is 0.0189. The van der Waals surface area contributed by atoms with Gasteiger partial charge >= 0.3 is 5.97 Å². The summed E-state index contributed by atoms with van der Waals surface area (Å²) in [4.78, 5) is 24.7. The number of esters is 1. The number of carbonyl (C=O) groups excluding carboxylic acids is 2. The summed E-state index contributed by atoms with van der Waals surface area (Å²) in [5, 5.41) is 0. The molecule has 22 heavy (non-hydrogen) atoms. The SMILES string of the molecule is CC(C)=CCC[C@H](C)[C@H]1C(=O)C[C@@H](C)C=C[C@H]2C(=O)OC[C@H]12. The van der Waals surface area contributed by atoms with Crippen LogP contribution in [0.3, 0.4) is 0 Å². The Balaban J connectivity index is 2.18. The van der Waals surface area contributed by atoms with Crippen LogP contribution in [0, 0.1) is 29.6 Å². The first-order valence-corrected chi connectivity index (χ1v) is 8.41. The van der Waals surface area contributed by atoms with Gasteiger partial charge in [0, 0.05) is 18.3 Å². The van der Waals surface area contributed by atoms with Crippen molar-refractivity contribution >= 4 is 11.8 Å². The van der Waals surface area contributed by atoms with Crippen molar-refractivity contribution in [1.82, 2.24) is 0 Å². The van der Waals surface area contributed by atoms with Crippen LogP contribution in [0.25, 0.3) is 0 Å². The molecule has 0 bridgehead atoms. The van der Waals surface area contributed by atoms with Crippen molar-refractivity contribution < 1.29 is 14.3 Å². The zero-order valence-electron chi connectivity index (χ0n) is 14.2. The van der Waals surface area contributed by atoms with Gasteiger partial charge in [-0.3, -0.25) is 9.59 Å². The molecule has 0 spiro atoms. The average Bonchev–Trinajstić information content (AvgIpc) is 2.75. The highest BCUT2D eigenvalue weighted by Gasteiger charge is 2.45. The summed E-state index contributed by atoms with van der Waals surface area (Å²) >= 11 is 0. The molecule has 1 fully saturated rings. The zero-order valence-corrected chi connectivity index (χ0v) is 14.2. The molecule has 1 aliphatic carbocycles. The van der Waals surface area contributed by atoms with Crippen LogP contribution in [0.4, 0.5) is 0 Å². The van der Waals surface area contributed by atoms with Crippen molar-refractivity contribution in [3.63, 3.8) is 0 Å². The first kappa shape index (κ1) is 17.0. The van der Waals surface area contributed by atoms with Crippen LogP contribution in [-0.4, -0.2) is 18.4 Å². The quantitative estimate of drug-likeness (QED) is 0.583. The van der Waals surface area contributed by atoms with Gasteiger partial charge < -0.3 is 4.74 Å². The molecule has 3 heteroatoms. The van der Waals surface area contributed by atoms with Gasteiger partial charge in [0.15, 0.2) is 0 Å². The maximum atomic E-state index is 12.7. The monoisotopic (exact) mass is 304 g/mol. The highest BCUT2D eigenvalue weighted by Crippen LogP contribution is 2.39. The van der Waals surface area contributed by atoms with E-state index in [0.717, 1.165) is 12.8 Å². The Morgan fingerprint density at radius 1 is 1.36 bits per heavy atom. The number of hydrogen-bond acceptors (Lipinski definition) is 3. The Hall–Kier alpha value is -1.38. The van der Waals surface area contributed by atoms with Crippen LogP contribution in [-0.2, 0) is 14.3 Å². The first-order valence-electron chi connectivity index (χ1n) is 8.41. The molecule has 0 aromatic rings. The lowest BCUT2D eigenvalue weighted by atomic mass is 9.70. The van der Waals surface area contributed by atoms with Crippen LogP contribution in [0.15, 0.2) is 23.8 Å². The second-order valence-electron chi connectivity index (χ2n) is 7.21. The molecule has 3 nitrogen and oxygen atoms in total. The predicted octanol–water partition coefficient (Wildman–Crippen LogP) is 3.94. The van der Waals surface area contributed by atoms with E-state index in [1.807, 2.05) is 19.1 Å². The van der Waals surface area contributed by atoms with E-state index in [4.69, 9.17) is 4.74 Å². The van der Waals surface area contributed by atoms with Crippen LogP contribution in [0.5, 0.6) is 0 Å². The summed E-state index contributed by atoms with van der Waals surface area (Å²) in [6.45, 7) is 8.78. The number of rotatable bonds is 4. The van der Waals surface area contributed by atoms with Gasteiger partial charge in [0.2, 0.25) is 0 Å². The lowest BCUT2D eigenvalue weighted by Gasteiger charge is -2.31. The fraction of sp³-hybridized carbons (Fsp3) is 0.684. The third-order valence-corrected chi connectivity index (χ3v) is 4.94. The van der Waals surface area contributed by atoms with Crippen molar-refractivity contribution in [1.29, 1.82) is 0 Å². The van der Waals surface area contributed by atoms with Crippen molar-refractivity contribution in [2.24, 2.45) is 29.6 Å². The number of fused-ring (bicyclic) bond motifs is 1. The normalized spacial score (nSPS) is 32.7. The molecule has 0 radical (unpaired) electrons. The molecule has 0 unspecified atom stereocenters. The molecule has 1 aliphatic heterocycles. The van der Waals surface area contributed by atoms with E-state index in [-0.39, 0.29) is 35.6 Å². The largest absolute Gasteiger partial charge is 0.465 e. The summed E-state index contributed by atoms with van der Waals surface area (Å²) in [6, 6.07) is 0. The van der Waals surface area contributed by atoms with Crippen molar-refractivity contribution in [3.8, 4) is 0 Å². The zero-order chi connectivity index (χ0) is 16.3. The maximum Gasteiger partial charge on any atom is 0.313 e. The maximum absolute atomic E-state index is 12.7. The number of ketones is 1. The van der Waals surface area contributed by atoms with E-state index in [1.165, 1.54) is 5.57 Å². The van der Waals surface area contributed by atoms with Crippen LogP contribution >= 0.6 is 0 Å². The number of carbonyl (C=O) groups is 2. The Kier molecular flexibility index (Phi) is 5.60. The Morgan fingerprint density at radius 2 is 2.09 bits per heavy atom. The summed E-state index contributed by atoms with van der Waals surface area (Å²) < 4.78 is 5.26. The molecule has 1 saturated heterocycles. The fourth-order valence-electron chi connectivity index (χ4n) is 3.72. The Labute approximate surface area is 133 Å². The molecule has 122 valence electrons. The molecule has 5 atom stereocenters. The summed E-state index contributed by atoms with van der Waals surface area (Å²) in [6.07, 6.45) is 8.76. The number of allylic oxidation sites excluding steroid dienone is 3. The van der Waals surface area contributed by atoms with Gasteiger partial charge in [-0.1, -0.05) is 37.6 Å². The van der Waals surface area contributed by atoms with Gasteiger partial charge in [-0.2, -0.15) is 0 Å². The molecule has 0 N–H and O–H groups in total. The third-order valence-electron chi connectivity index (χ3n) is 4.94. The molecule has 0 amide bonds. The van der Waals surface area contributed by atoms with Crippen molar-refractivity contribution in [2.45, 2.75) is 47.0 Å². The van der Waals surface area contributed by atoms with Crippen molar-refractivity contribution in [2.75, 3.05) is 6.61 Å². The minimum atomic E-state index is -0.234. The summed E-state index contributed by atoms with van der Waals surface area (Å²) in [7, 11) is 0. The smallest absolute Gasteiger partial charge is 0.313 e. The number of ether oxygens (including phenoxy) is 1. The summed E-state index contributed by atoms with van der Waals surface area (Å²) in [5.41, 5.74) is 1.31. The van der Waals surface area contributed by atoms with Gasteiger partial charge in [0.25, 0.3) is 0 Å². The Bertz CT molecular complexity index is 485. The van der Waals surface area contributed by atoms with Gasteiger partial charge in [-0.05, 0) is 38.5 Å². The number of Topliss-reactive ketones (excluding diaryl/α,β-unsaturated/α-hetero) is 1. The molecular formula is C19H28O3. The second-order valence-corrected chi connectivity index (χ2v) is 7.21. The van der Waals surface area contributed by atoms with E-state index in [0.29, 0.717) is 18.8 Å². The van der Waals surface area contributed by atoms with Crippen molar-refractivity contribution in [3.05, 3.63) is 23.8 Å². The minimum Gasteiger partial charge on any atom is -0.465 e. The molecule has 2 rings (SSSR count). The van der Waals surface area contributed by atoms with Crippen LogP contribution in [0.1, 0.15) is 47.0 Å². The highest BCUT2D eigenvalue weighted by atomic mass is 16.5. The first-order chi connectivity index (χ1) is 10.4. The molecule has 0 aromatic carbocycles. The van der Waals surface area contributed by atoms with E-state index >= 15 is 0 Å². The second kappa shape index (κ2) is 7.26. The van der Waals surface area contributed by atoms with E-state index < -0.39 is 0 Å². The average molecular weight is 304 g/mol. The van der Waals surface area contributed by atoms with E-state index in [1.54, 1.807) is 0 Å².